The van der Waals surface area contributed by atoms with Crippen LogP contribution in [0.1, 0.15) is 26.7 Å². The van der Waals surface area contributed by atoms with E-state index in [9.17, 15) is 4.79 Å². The Morgan fingerprint density at radius 2 is 2.15 bits per heavy atom. The Morgan fingerprint density at radius 3 is 2.54 bits per heavy atom. The zero-order chi connectivity index (χ0) is 10.4. The topological polar surface area (TPSA) is 32.3 Å². The molecule has 76 valence electrons. The van der Waals surface area contributed by atoms with Crippen LogP contribution in [-0.2, 0) is 4.79 Å². The molecular formula is C10H20N2O. The van der Waals surface area contributed by atoms with Crippen molar-refractivity contribution in [2.75, 3.05) is 14.1 Å². The molecule has 0 aromatic heterocycles. The Kier molecular flexibility index (Phi) is 5.19. The molecule has 0 heterocycles. The first-order valence-corrected chi connectivity index (χ1v) is 4.66. The van der Waals surface area contributed by atoms with E-state index < -0.39 is 0 Å². The van der Waals surface area contributed by atoms with Crippen LogP contribution in [0.25, 0.3) is 0 Å². The van der Waals surface area contributed by atoms with Crippen LogP contribution < -0.4 is 5.32 Å². The van der Waals surface area contributed by atoms with Crippen molar-refractivity contribution in [1.82, 2.24) is 10.2 Å². The van der Waals surface area contributed by atoms with Gasteiger partial charge in [0.25, 0.3) is 0 Å². The molecule has 0 aromatic rings. The van der Waals surface area contributed by atoms with E-state index in [0.29, 0.717) is 6.42 Å². The number of carbonyl (C=O) groups is 1. The molecule has 0 unspecified atom stereocenters. The van der Waals surface area contributed by atoms with Gasteiger partial charge in [0.15, 0.2) is 0 Å². The van der Waals surface area contributed by atoms with Crippen LogP contribution in [0.15, 0.2) is 12.3 Å². The molecule has 3 nitrogen and oxygen atoms in total. The minimum Gasteiger partial charge on any atom is -0.390 e. The largest absolute Gasteiger partial charge is 0.390 e. The molecule has 1 amide bonds. The fraction of sp³-hybridized carbons (Fsp3) is 0.700. The summed E-state index contributed by atoms with van der Waals surface area (Å²) >= 11 is 0. The van der Waals surface area contributed by atoms with Crippen molar-refractivity contribution < 1.29 is 4.79 Å². The van der Waals surface area contributed by atoms with Gasteiger partial charge in [-0.2, -0.15) is 0 Å². The van der Waals surface area contributed by atoms with Crippen molar-refractivity contribution in [2.24, 2.45) is 0 Å². The fourth-order valence-corrected chi connectivity index (χ4v) is 1.05. The third-order valence-corrected chi connectivity index (χ3v) is 2.26. The first kappa shape index (κ1) is 12.0. The molecule has 0 radical (unpaired) electrons. The standard InChI is InChI=1S/C10H20N2O/c1-6-7-10(13)12(5)9(3)8(2)11-4/h9,11H,2,6-7H2,1,3-5H3/t9-/m1/s1. The van der Waals surface area contributed by atoms with E-state index in [1.165, 1.54) is 0 Å². The van der Waals surface area contributed by atoms with E-state index in [1.807, 2.05) is 27.9 Å². The monoisotopic (exact) mass is 184 g/mol. The second-order valence-electron chi connectivity index (χ2n) is 3.21. The second kappa shape index (κ2) is 5.62. The van der Waals surface area contributed by atoms with Crippen LogP contribution in [0.4, 0.5) is 0 Å². The van der Waals surface area contributed by atoms with Gasteiger partial charge in [0.05, 0.1) is 6.04 Å². The van der Waals surface area contributed by atoms with Gasteiger partial charge in [-0.25, -0.2) is 0 Å². The maximum absolute atomic E-state index is 11.5. The van der Waals surface area contributed by atoms with Crippen LogP contribution in [0, 0.1) is 0 Å². The van der Waals surface area contributed by atoms with E-state index in [0.717, 1.165) is 12.1 Å². The summed E-state index contributed by atoms with van der Waals surface area (Å²) in [4.78, 5) is 13.2. The molecule has 1 atom stereocenters. The maximum atomic E-state index is 11.5. The highest BCUT2D eigenvalue weighted by Gasteiger charge is 2.16. The SMILES string of the molecule is C=C(NC)[C@@H](C)N(C)C(=O)CCC. The summed E-state index contributed by atoms with van der Waals surface area (Å²) in [6.45, 7) is 7.80. The van der Waals surface area contributed by atoms with Gasteiger partial charge in [0, 0.05) is 26.2 Å². The number of carbonyl (C=O) groups excluding carboxylic acids is 1. The lowest BCUT2D eigenvalue weighted by atomic mass is 10.2. The lowest BCUT2D eigenvalue weighted by Crippen LogP contribution is -2.38. The van der Waals surface area contributed by atoms with Gasteiger partial charge < -0.3 is 10.2 Å². The first-order valence-electron chi connectivity index (χ1n) is 4.66. The van der Waals surface area contributed by atoms with Crippen LogP contribution in [0.5, 0.6) is 0 Å². The molecule has 1 N–H and O–H groups in total. The molecule has 0 aliphatic carbocycles. The molecule has 0 rings (SSSR count). The van der Waals surface area contributed by atoms with E-state index in [1.54, 1.807) is 4.90 Å². The minimum atomic E-state index is 0.0593. The molecule has 3 heteroatoms. The summed E-state index contributed by atoms with van der Waals surface area (Å²) in [5.74, 6) is 0.173. The Balaban J connectivity index is 4.16. The zero-order valence-corrected chi connectivity index (χ0v) is 9.05. The van der Waals surface area contributed by atoms with Crippen molar-refractivity contribution in [3.63, 3.8) is 0 Å². The van der Waals surface area contributed by atoms with Gasteiger partial charge in [-0.15, -0.1) is 0 Å². The van der Waals surface area contributed by atoms with E-state index in [2.05, 4.69) is 11.9 Å². The number of hydrogen-bond donors (Lipinski definition) is 1. The first-order chi connectivity index (χ1) is 6.04. The number of nitrogens with zero attached hydrogens (tertiary/aromatic N) is 1. The Labute approximate surface area is 80.8 Å². The number of likely N-dealkylation sites (N-methyl/N-ethyl adjacent to an activating group) is 2. The molecule has 0 aromatic carbocycles. The van der Waals surface area contributed by atoms with Gasteiger partial charge in [-0.3, -0.25) is 4.79 Å². The number of amides is 1. The second-order valence-corrected chi connectivity index (χ2v) is 3.21. The van der Waals surface area contributed by atoms with E-state index >= 15 is 0 Å². The smallest absolute Gasteiger partial charge is 0.222 e. The van der Waals surface area contributed by atoms with Crippen LogP contribution in [-0.4, -0.2) is 30.9 Å². The summed E-state index contributed by atoms with van der Waals surface area (Å²) in [6.07, 6.45) is 1.50. The molecule has 13 heavy (non-hydrogen) atoms. The normalized spacial score (nSPS) is 12.0. The van der Waals surface area contributed by atoms with Gasteiger partial charge in [-0.05, 0) is 13.3 Å². The van der Waals surface area contributed by atoms with Crippen molar-refractivity contribution in [3.05, 3.63) is 12.3 Å². The van der Waals surface area contributed by atoms with Crippen molar-refractivity contribution >= 4 is 5.91 Å². The van der Waals surface area contributed by atoms with Gasteiger partial charge in [0.2, 0.25) is 5.91 Å². The predicted octanol–water partition coefficient (Wildman–Crippen LogP) is 1.37. The Bertz CT molecular complexity index is 189. The van der Waals surface area contributed by atoms with E-state index in [4.69, 9.17) is 0 Å². The van der Waals surface area contributed by atoms with Crippen molar-refractivity contribution in [3.8, 4) is 0 Å². The zero-order valence-electron chi connectivity index (χ0n) is 9.05. The highest BCUT2D eigenvalue weighted by molar-refractivity contribution is 5.76. The molecule has 0 bridgehead atoms. The van der Waals surface area contributed by atoms with Gasteiger partial charge in [0.1, 0.15) is 0 Å². The lowest BCUT2D eigenvalue weighted by Gasteiger charge is -2.26. The van der Waals surface area contributed by atoms with Crippen molar-refractivity contribution in [2.45, 2.75) is 32.7 Å². The summed E-state index contributed by atoms with van der Waals surface area (Å²) in [5.41, 5.74) is 0.868. The molecule has 0 saturated heterocycles. The van der Waals surface area contributed by atoms with Crippen LogP contribution >= 0.6 is 0 Å². The summed E-state index contributed by atoms with van der Waals surface area (Å²) in [6, 6.07) is 0.0593. The number of hydrogen-bond acceptors (Lipinski definition) is 2. The molecule has 0 saturated carbocycles. The fourth-order valence-electron chi connectivity index (χ4n) is 1.05. The highest BCUT2D eigenvalue weighted by atomic mass is 16.2. The summed E-state index contributed by atoms with van der Waals surface area (Å²) in [7, 11) is 3.63. The molecular weight excluding hydrogens is 164 g/mol. The molecule has 0 spiro atoms. The highest BCUT2D eigenvalue weighted by Crippen LogP contribution is 2.05. The van der Waals surface area contributed by atoms with Crippen LogP contribution in [0.3, 0.4) is 0 Å². The van der Waals surface area contributed by atoms with E-state index in [-0.39, 0.29) is 11.9 Å². The van der Waals surface area contributed by atoms with Crippen molar-refractivity contribution in [1.29, 1.82) is 0 Å². The third kappa shape index (κ3) is 3.49. The molecule has 0 aliphatic rings. The Hall–Kier alpha value is -0.990. The Morgan fingerprint density at radius 1 is 1.62 bits per heavy atom. The van der Waals surface area contributed by atoms with Gasteiger partial charge in [-0.1, -0.05) is 13.5 Å². The average molecular weight is 184 g/mol. The average Bonchev–Trinajstić information content (AvgIpc) is 2.14. The lowest BCUT2D eigenvalue weighted by molar-refractivity contribution is -0.131. The van der Waals surface area contributed by atoms with Gasteiger partial charge >= 0.3 is 0 Å². The third-order valence-electron chi connectivity index (χ3n) is 2.26. The molecule has 0 aliphatic heterocycles. The van der Waals surface area contributed by atoms with Crippen LogP contribution in [0.2, 0.25) is 0 Å². The maximum Gasteiger partial charge on any atom is 0.222 e. The quantitative estimate of drug-likeness (QED) is 0.700. The number of rotatable bonds is 5. The number of nitrogens with one attached hydrogen (secondary N) is 1. The minimum absolute atomic E-state index is 0.0593. The summed E-state index contributed by atoms with van der Waals surface area (Å²) < 4.78 is 0. The molecule has 0 fully saturated rings. The predicted molar refractivity (Wildman–Crippen MR) is 55.3 cm³/mol. The summed E-state index contributed by atoms with van der Waals surface area (Å²) in [5, 5.41) is 2.95.